The molecule has 0 radical (unpaired) electrons. The standard InChI is InChI=1S/C28H35N3O2S/c1-19-17-21(20(2)30(19)24-13-15-25(32)16-14-24)18-26-27(33)31(23-11-7-4-8-12-23)28(34-26)29-22-9-5-3-6-10-22/h13-18,22-23,32H,3-12H2,1-2H3. The third-order valence-electron chi connectivity index (χ3n) is 7.51. The molecule has 0 atom stereocenters. The second-order valence-electron chi connectivity index (χ2n) is 9.96. The fourth-order valence-electron chi connectivity index (χ4n) is 5.68. The minimum atomic E-state index is 0.126. The summed E-state index contributed by atoms with van der Waals surface area (Å²) in [6, 6.07) is 10.0. The van der Waals surface area contributed by atoms with Crippen molar-refractivity contribution in [1.29, 1.82) is 0 Å². The van der Waals surface area contributed by atoms with Crippen LogP contribution in [0.4, 0.5) is 0 Å². The van der Waals surface area contributed by atoms with E-state index in [0.29, 0.717) is 6.04 Å². The van der Waals surface area contributed by atoms with Gasteiger partial charge in [0.05, 0.1) is 10.9 Å². The van der Waals surface area contributed by atoms with E-state index < -0.39 is 0 Å². The van der Waals surface area contributed by atoms with Crippen LogP contribution in [-0.4, -0.2) is 37.7 Å². The molecule has 5 nitrogen and oxygen atoms in total. The number of aliphatic imine (C=N–C) groups is 1. The first kappa shape index (κ1) is 23.3. The van der Waals surface area contributed by atoms with Gasteiger partial charge in [0.2, 0.25) is 0 Å². The van der Waals surface area contributed by atoms with Crippen molar-refractivity contribution in [3.63, 3.8) is 0 Å². The Hall–Kier alpha value is -2.47. The number of phenols is 1. The number of aryl methyl sites for hydroxylation is 1. The number of rotatable bonds is 4. The van der Waals surface area contributed by atoms with Crippen molar-refractivity contribution in [3.05, 3.63) is 52.2 Å². The normalized spacial score (nSPS) is 22.9. The highest BCUT2D eigenvalue weighted by Crippen LogP contribution is 2.39. The van der Waals surface area contributed by atoms with E-state index in [1.54, 1.807) is 23.9 Å². The van der Waals surface area contributed by atoms with Crippen LogP contribution in [-0.2, 0) is 4.79 Å². The quantitative estimate of drug-likeness (QED) is 0.496. The summed E-state index contributed by atoms with van der Waals surface area (Å²) in [5.74, 6) is 0.384. The molecule has 2 aliphatic carbocycles. The number of thioether (sulfide) groups is 1. The van der Waals surface area contributed by atoms with Gasteiger partial charge in [0.15, 0.2) is 5.17 Å². The predicted octanol–water partition coefficient (Wildman–Crippen LogP) is 6.74. The molecular formula is C28H35N3O2S. The first-order valence-electron chi connectivity index (χ1n) is 12.8. The monoisotopic (exact) mass is 477 g/mol. The van der Waals surface area contributed by atoms with Gasteiger partial charge in [-0.15, -0.1) is 0 Å². The predicted molar refractivity (Wildman–Crippen MR) is 141 cm³/mol. The van der Waals surface area contributed by atoms with Gasteiger partial charge < -0.3 is 9.67 Å². The average Bonchev–Trinajstić information content (AvgIpc) is 3.30. The number of nitrogens with zero attached hydrogens (tertiary/aromatic N) is 3. The summed E-state index contributed by atoms with van der Waals surface area (Å²) in [6.07, 6.45) is 14.0. The summed E-state index contributed by atoms with van der Waals surface area (Å²) >= 11 is 1.58. The first-order chi connectivity index (χ1) is 16.5. The molecule has 0 unspecified atom stereocenters. The van der Waals surface area contributed by atoms with Crippen molar-refractivity contribution in [2.24, 2.45) is 4.99 Å². The van der Waals surface area contributed by atoms with E-state index in [1.807, 2.05) is 17.0 Å². The number of amidine groups is 1. The number of hydrogen-bond acceptors (Lipinski definition) is 4. The van der Waals surface area contributed by atoms with Crippen molar-refractivity contribution in [2.45, 2.75) is 90.1 Å². The van der Waals surface area contributed by atoms with Crippen LogP contribution in [0.25, 0.3) is 11.8 Å². The first-order valence-corrected chi connectivity index (χ1v) is 13.6. The van der Waals surface area contributed by atoms with Crippen LogP contribution in [0.2, 0.25) is 0 Å². The molecule has 1 amide bonds. The molecule has 2 saturated carbocycles. The Morgan fingerprint density at radius 1 is 0.971 bits per heavy atom. The highest BCUT2D eigenvalue weighted by molar-refractivity contribution is 8.18. The lowest BCUT2D eigenvalue weighted by Gasteiger charge is -2.31. The maximum absolute atomic E-state index is 13.7. The Balaban J connectivity index is 1.48. The number of carbonyl (C=O) groups is 1. The molecule has 1 N–H and O–H groups in total. The Kier molecular flexibility index (Phi) is 6.87. The van der Waals surface area contributed by atoms with Gasteiger partial charge in [-0.3, -0.25) is 14.7 Å². The highest BCUT2D eigenvalue weighted by atomic mass is 32.2. The zero-order valence-corrected chi connectivity index (χ0v) is 21.1. The summed E-state index contributed by atoms with van der Waals surface area (Å²) in [5.41, 5.74) is 4.26. The van der Waals surface area contributed by atoms with Crippen molar-refractivity contribution in [1.82, 2.24) is 9.47 Å². The average molecular weight is 478 g/mol. The van der Waals surface area contributed by atoms with E-state index in [-0.39, 0.29) is 17.7 Å². The van der Waals surface area contributed by atoms with Gasteiger partial charge in [0, 0.05) is 23.1 Å². The van der Waals surface area contributed by atoms with Gasteiger partial charge >= 0.3 is 0 Å². The van der Waals surface area contributed by atoms with Crippen LogP contribution in [0, 0.1) is 13.8 Å². The minimum absolute atomic E-state index is 0.126. The van der Waals surface area contributed by atoms with E-state index in [1.165, 1.54) is 38.5 Å². The smallest absolute Gasteiger partial charge is 0.267 e. The molecular weight excluding hydrogens is 442 g/mol. The molecule has 1 aromatic heterocycles. The van der Waals surface area contributed by atoms with Crippen LogP contribution >= 0.6 is 11.8 Å². The number of hydrogen-bond donors (Lipinski definition) is 1. The number of benzene rings is 1. The van der Waals surface area contributed by atoms with Crippen molar-refractivity contribution in [3.8, 4) is 11.4 Å². The number of amides is 1. The number of aromatic hydroxyl groups is 1. The highest BCUT2D eigenvalue weighted by Gasteiger charge is 2.39. The Bertz CT molecular complexity index is 1100. The van der Waals surface area contributed by atoms with Crippen LogP contribution in [0.3, 0.4) is 0 Å². The van der Waals surface area contributed by atoms with Gasteiger partial charge in [-0.2, -0.15) is 0 Å². The Labute approximate surface area is 207 Å². The molecule has 2 aromatic rings. The van der Waals surface area contributed by atoms with E-state index in [2.05, 4.69) is 30.6 Å². The van der Waals surface area contributed by atoms with Crippen molar-refractivity contribution >= 4 is 28.9 Å². The summed E-state index contributed by atoms with van der Waals surface area (Å²) in [6.45, 7) is 4.17. The van der Waals surface area contributed by atoms with Crippen LogP contribution in [0.15, 0.2) is 40.2 Å². The van der Waals surface area contributed by atoms with Crippen LogP contribution < -0.4 is 0 Å². The lowest BCUT2D eigenvalue weighted by Crippen LogP contribution is -2.41. The lowest BCUT2D eigenvalue weighted by molar-refractivity contribution is -0.124. The van der Waals surface area contributed by atoms with Gasteiger partial charge in [0.25, 0.3) is 5.91 Å². The number of aromatic nitrogens is 1. The maximum Gasteiger partial charge on any atom is 0.267 e. The van der Waals surface area contributed by atoms with E-state index in [0.717, 1.165) is 58.4 Å². The minimum Gasteiger partial charge on any atom is -0.508 e. The van der Waals surface area contributed by atoms with E-state index >= 15 is 0 Å². The molecule has 1 aromatic carbocycles. The second-order valence-corrected chi connectivity index (χ2v) is 11.0. The molecule has 2 heterocycles. The molecule has 0 spiro atoms. The molecule has 6 heteroatoms. The van der Waals surface area contributed by atoms with Gasteiger partial charge in [0.1, 0.15) is 5.75 Å². The summed E-state index contributed by atoms with van der Waals surface area (Å²) in [4.78, 5) is 21.7. The van der Waals surface area contributed by atoms with Gasteiger partial charge in [-0.25, -0.2) is 0 Å². The Morgan fingerprint density at radius 2 is 1.62 bits per heavy atom. The summed E-state index contributed by atoms with van der Waals surface area (Å²) in [7, 11) is 0. The molecule has 1 aliphatic heterocycles. The fraction of sp³-hybridized carbons (Fsp3) is 0.500. The molecule has 0 bridgehead atoms. The maximum atomic E-state index is 13.7. The lowest BCUT2D eigenvalue weighted by atomic mass is 9.94. The van der Waals surface area contributed by atoms with Crippen molar-refractivity contribution in [2.75, 3.05) is 0 Å². The number of phenolic OH excluding ortho intramolecular Hbond substituents is 1. The largest absolute Gasteiger partial charge is 0.508 e. The third kappa shape index (κ3) is 4.70. The van der Waals surface area contributed by atoms with E-state index in [4.69, 9.17) is 4.99 Å². The zero-order chi connectivity index (χ0) is 23.7. The molecule has 5 rings (SSSR count). The second kappa shape index (κ2) is 10.0. The van der Waals surface area contributed by atoms with Crippen molar-refractivity contribution < 1.29 is 9.90 Å². The summed E-state index contributed by atoms with van der Waals surface area (Å²) < 4.78 is 2.17. The Morgan fingerprint density at radius 3 is 2.29 bits per heavy atom. The third-order valence-corrected chi connectivity index (χ3v) is 8.51. The van der Waals surface area contributed by atoms with Gasteiger partial charge in [-0.05, 0) is 93.3 Å². The molecule has 3 fully saturated rings. The van der Waals surface area contributed by atoms with E-state index in [9.17, 15) is 9.90 Å². The molecule has 1 saturated heterocycles. The topological polar surface area (TPSA) is 57.8 Å². The molecule has 3 aliphatic rings. The van der Waals surface area contributed by atoms with Crippen LogP contribution in [0.5, 0.6) is 5.75 Å². The molecule has 180 valence electrons. The SMILES string of the molecule is Cc1cc(C=C2SC(=NC3CCCCC3)N(C3CCCCC3)C2=O)c(C)n1-c1ccc(O)cc1. The number of carbonyl (C=O) groups excluding carboxylic acids is 1. The van der Waals surface area contributed by atoms with Crippen LogP contribution in [0.1, 0.15) is 81.2 Å². The zero-order valence-electron chi connectivity index (χ0n) is 20.3. The molecule has 34 heavy (non-hydrogen) atoms. The summed E-state index contributed by atoms with van der Waals surface area (Å²) in [5, 5.41) is 10.6. The van der Waals surface area contributed by atoms with Gasteiger partial charge in [-0.1, -0.05) is 38.5 Å². The fourth-order valence-corrected chi connectivity index (χ4v) is 6.78.